The predicted molar refractivity (Wildman–Crippen MR) is 93.3 cm³/mol. The Morgan fingerprint density at radius 3 is 2.38 bits per heavy atom. The highest BCUT2D eigenvalue weighted by Gasteiger charge is 2.26. The molecule has 0 aliphatic carbocycles. The van der Waals surface area contributed by atoms with E-state index < -0.39 is 0 Å². The molecular formula is C20H23FN2O3+2. The lowest BCUT2D eigenvalue weighted by Crippen LogP contribution is -3.27. The van der Waals surface area contributed by atoms with Crippen molar-refractivity contribution in [3.05, 3.63) is 59.4 Å². The van der Waals surface area contributed by atoms with Crippen molar-refractivity contribution in [3.8, 4) is 11.5 Å². The van der Waals surface area contributed by atoms with Gasteiger partial charge in [-0.1, -0.05) is 0 Å². The number of carbonyl (C=O) groups is 1. The first kappa shape index (κ1) is 17.0. The number of ketones is 1. The van der Waals surface area contributed by atoms with Crippen molar-refractivity contribution >= 4 is 5.78 Å². The number of fused-ring (bicyclic) bond motifs is 1. The largest absolute Gasteiger partial charge is 0.454 e. The number of ether oxygens (including phenoxy) is 2. The third kappa shape index (κ3) is 3.86. The van der Waals surface area contributed by atoms with Gasteiger partial charge in [0.1, 0.15) is 45.1 Å². The van der Waals surface area contributed by atoms with Crippen LogP contribution in [-0.4, -0.2) is 45.3 Å². The number of quaternary nitrogens is 2. The van der Waals surface area contributed by atoms with Crippen molar-refractivity contribution in [2.45, 2.75) is 6.54 Å². The summed E-state index contributed by atoms with van der Waals surface area (Å²) in [4.78, 5) is 15.1. The molecule has 0 atom stereocenters. The zero-order valence-electron chi connectivity index (χ0n) is 14.6. The zero-order chi connectivity index (χ0) is 17.9. The number of rotatable bonds is 5. The molecular weight excluding hydrogens is 335 g/mol. The summed E-state index contributed by atoms with van der Waals surface area (Å²) < 4.78 is 23.8. The molecule has 0 unspecified atom stereocenters. The first-order valence-electron chi connectivity index (χ1n) is 9.02. The molecule has 1 fully saturated rings. The Labute approximate surface area is 151 Å². The molecule has 2 aromatic carbocycles. The summed E-state index contributed by atoms with van der Waals surface area (Å²) in [6.45, 7) is 5.72. The minimum atomic E-state index is -0.311. The van der Waals surface area contributed by atoms with Crippen LogP contribution in [0.1, 0.15) is 15.9 Å². The monoisotopic (exact) mass is 358 g/mol. The molecule has 2 aliphatic heterocycles. The normalized spacial score (nSPS) is 21.6. The molecule has 0 amide bonds. The molecule has 0 radical (unpaired) electrons. The van der Waals surface area contributed by atoms with Gasteiger partial charge < -0.3 is 19.3 Å². The van der Waals surface area contributed by atoms with Crippen LogP contribution in [0.15, 0.2) is 42.5 Å². The van der Waals surface area contributed by atoms with Crippen LogP contribution in [0.5, 0.6) is 11.5 Å². The first-order valence-corrected chi connectivity index (χ1v) is 9.02. The summed E-state index contributed by atoms with van der Waals surface area (Å²) >= 11 is 0. The molecule has 2 aromatic rings. The van der Waals surface area contributed by atoms with Crippen LogP contribution in [-0.2, 0) is 6.54 Å². The third-order valence-electron chi connectivity index (χ3n) is 5.13. The van der Waals surface area contributed by atoms with E-state index in [0.717, 1.165) is 44.2 Å². The quantitative estimate of drug-likeness (QED) is 0.723. The molecule has 2 heterocycles. The minimum Gasteiger partial charge on any atom is -0.454 e. The predicted octanol–water partition coefficient (Wildman–Crippen LogP) is -0.279. The lowest BCUT2D eigenvalue weighted by Gasteiger charge is -2.29. The summed E-state index contributed by atoms with van der Waals surface area (Å²) in [6.07, 6.45) is 0. The Morgan fingerprint density at radius 2 is 1.62 bits per heavy atom. The van der Waals surface area contributed by atoms with E-state index in [1.54, 1.807) is 12.1 Å². The molecule has 0 saturated carbocycles. The second-order valence-electron chi connectivity index (χ2n) is 6.97. The SMILES string of the molecule is O=C(C[NH+]1CC[NH+](Cc2ccc3c(c2)OCO3)CC1)c1ccc(F)cc1. The number of Topliss-reactive ketones (excluding diaryl/α,β-unsaturated/α-hetero) is 1. The summed E-state index contributed by atoms with van der Waals surface area (Å²) in [5.41, 5.74) is 1.84. The lowest BCUT2D eigenvalue weighted by atomic mass is 10.1. The summed E-state index contributed by atoms with van der Waals surface area (Å²) in [5.74, 6) is 1.42. The maximum Gasteiger partial charge on any atom is 0.231 e. The highest BCUT2D eigenvalue weighted by atomic mass is 19.1. The molecule has 6 heteroatoms. The Balaban J connectivity index is 1.27. The Kier molecular flexibility index (Phi) is 4.86. The molecule has 0 bridgehead atoms. The molecule has 0 aromatic heterocycles. The van der Waals surface area contributed by atoms with Gasteiger partial charge in [0, 0.05) is 11.1 Å². The molecule has 5 nitrogen and oxygen atoms in total. The van der Waals surface area contributed by atoms with Gasteiger partial charge in [-0.15, -0.1) is 0 Å². The minimum absolute atomic E-state index is 0.0826. The number of carbonyl (C=O) groups excluding carboxylic acids is 1. The number of nitrogens with one attached hydrogen (secondary N) is 2. The zero-order valence-corrected chi connectivity index (χ0v) is 14.6. The van der Waals surface area contributed by atoms with Crippen molar-refractivity contribution in [2.75, 3.05) is 39.5 Å². The first-order chi connectivity index (χ1) is 12.7. The number of benzene rings is 2. The average molecular weight is 358 g/mol. The summed E-state index contributed by atoms with van der Waals surface area (Å²) in [6, 6.07) is 12.0. The van der Waals surface area contributed by atoms with Gasteiger partial charge in [0.25, 0.3) is 0 Å². The van der Waals surface area contributed by atoms with Crippen LogP contribution in [0.2, 0.25) is 0 Å². The highest BCUT2D eigenvalue weighted by molar-refractivity contribution is 5.96. The topological polar surface area (TPSA) is 44.4 Å². The molecule has 26 heavy (non-hydrogen) atoms. The Hall–Kier alpha value is -2.44. The number of piperazine rings is 1. The van der Waals surface area contributed by atoms with E-state index in [1.807, 2.05) is 6.07 Å². The molecule has 0 spiro atoms. The summed E-state index contributed by atoms with van der Waals surface area (Å²) in [5, 5.41) is 0. The highest BCUT2D eigenvalue weighted by Crippen LogP contribution is 2.32. The van der Waals surface area contributed by atoms with Crippen molar-refractivity contribution in [1.82, 2.24) is 0 Å². The maximum absolute atomic E-state index is 13.0. The number of halogens is 1. The second kappa shape index (κ2) is 7.43. The summed E-state index contributed by atoms with van der Waals surface area (Å²) in [7, 11) is 0. The number of hydrogen-bond donors (Lipinski definition) is 2. The lowest BCUT2D eigenvalue weighted by molar-refractivity contribution is -1.01. The fourth-order valence-corrected chi connectivity index (χ4v) is 3.62. The fraction of sp³-hybridized carbons (Fsp3) is 0.350. The van der Waals surface area contributed by atoms with E-state index in [2.05, 4.69) is 12.1 Å². The van der Waals surface area contributed by atoms with E-state index in [1.165, 1.54) is 27.5 Å². The van der Waals surface area contributed by atoms with Crippen LogP contribution in [0.3, 0.4) is 0 Å². The van der Waals surface area contributed by atoms with Gasteiger partial charge in [-0.25, -0.2) is 4.39 Å². The van der Waals surface area contributed by atoms with Gasteiger partial charge in [0.2, 0.25) is 12.6 Å². The Morgan fingerprint density at radius 1 is 0.923 bits per heavy atom. The third-order valence-corrected chi connectivity index (χ3v) is 5.13. The van der Waals surface area contributed by atoms with Gasteiger partial charge in [-0.3, -0.25) is 4.79 Å². The van der Waals surface area contributed by atoms with Crippen molar-refractivity contribution in [1.29, 1.82) is 0 Å². The van der Waals surface area contributed by atoms with Gasteiger partial charge in [0.05, 0.1) is 0 Å². The molecule has 136 valence electrons. The van der Waals surface area contributed by atoms with Crippen LogP contribution in [0, 0.1) is 5.82 Å². The van der Waals surface area contributed by atoms with E-state index in [4.69, 9.17) is 9.47 Å². The fourth-order valence-electron chi connectivity index (χ4n) is 3.62. The smallest absolute Gasteiger partial charge is 0.231 e. The standard InChI is InChI=1S/C20H21FN2O3/c21-17-4-2-16(3-5-17)18(24)13-23-9-7-22(8-10-23)12-15-1-6-19-20(11-15)26-14-25-19/h1-6,11H,7-10,12-14H2/p+2. The van der Waals surface area contributed by atoms with E-state index in [0.29, 0.717) is 18.9 Å². The van der Waals surface area contributed by atoms with Gasteiger partial charge in [0.15, 0.2) is 11.5 Å². The van der Waals surface area contributed by atoms with Crippen LogP contribution < -0.4 is 19.3 Å². The van der Waals surface area contributed by atoms with Gasteiger partial charge in [-0.05, 0) is 42.5 Å². The van der Waals surface area contributed by atoms with Crippen molar-refractivity contribution < 1.29 is 28.5 Å². The Bertz CT molecular complexity index is 786. The van der Waals surface area contributed by atoms with Crippen LogP contribution in [0.25, 0.3) is 0 Å². The maximum atomic E-state index is 13.0. The molecule has 4 rings (SSSR count). The van der Waals surface area contributed by atoms with Gasteiger partial charge >= 0.3 is 0 Å². The van der Waals surface area contributed by atoms with Crippen LogP contribution in [0.4, 0.5) is 4.39 Å². The van der Waals surface area contributed by atoms with Crippen LogP contribution >= 0.6 is 0 Å². The molecule has 2 N–H and O–H groups in total. The second-order valence-corrected chi connectivity index (χ2v) is 6.97. The van der Waals surface area contributed by atoms with E-state index in [-0.39, 0.29) is 11.6 Å². The van der Waals surface area contributed by atoms with E-state index in [9.17, 15) is 9.18 Å². The van der Waals surface area contributed by atoms with Gasteiger partial charge in [-0.2, -0.15) is 0 Å². The number of hydrogen-bond acceptors (Lipinski definition) is 3. The molecule has 1 saturated heterocycles. The molecule has 2 aliphatic rings. The average Bonchev–Trinajstić information content (AvgIpc) is 3.12. The van der Waals surface area contributed by atoms with Crippen molar-refractivity contribution in [3.63, 3.8) is 0 Å². The van der Waals surface area contributed by atoms with E-state index >= 15 is 0 Å². The van der Waals surface area contributed by atoms with Crippen molar-refractivity contribution in [2.24, 2.45) is 0 Å².